The normalized spacial score (nSPS) is 11.8. The lowest BCUT2D eigenvalue weighted by molar-refractivity contribution is 0.266. The number of benzene rings is 1. The first kappa shape index (κ1) is 15.7. The molecule has 0 aliphatic carbocycles. The maximum atomic E-state index is 14.2. The van der Waals surface area contributed by atoms with Gasteiger partial charge in [0.05, 0.1) is 12.2 Å². The third-order valence-corrected chi connectivity index (χ3v) is 3.11. The van der Waals surface area contributed by atoms with Crippen LogP contribution < -0.4 is 0 Å². The molecule has 0 aliphatic rings. The van der Waals surface area contributed by atoms with E-state index >= 15 is 0 Å². The maximum Gasteiger partial charge on any atom is 0.141 e. The minimum atomic E-state index is -0.198. The van der Waals surface area contributed by atoms with Gasteiger partial charge in [-0.3, -0.25) is 0 Å². The second-order valence-corrected chi connectivity index (χ2v) is 4.94. The predicted octanol–water partition coefficient (Wildman–Crippen LogP) is 3.93. The molecular weight excluding hydrogens is 239 g/mol. The van der Waals surface area contributed by atoms with Crippen molar-refractivity contribution in [2.45, 2.75) is 46.0 Å². The van der Waals surface area contributed by atoms with Crippen LogP contribution in [-0.4, -0.2) is 11.7 Å². The van der Waals surface area contributed by atoms with Gasteiger partial charge < -0.3 is 5.11 Å². The number of hydrogen-bond donors (Lipinski definition) is 1. The molecule has 1 rings (SSSR count). The third-order valence-electron chi connectivity index (χ3n) is 3.11. The van der Waals surface area contributed by atoms with E-state index in [0.29, 0.717) is 5.56 Å². The Balaban J connectivity index is 2.71. The van der Waals surface area contributed by atoms with Gasteiger partial charge >= 0.3 is 0 Å². The van der Waals surface area contributed by atoms with Gasteiger partial charge in [-0.25, -0.2) is 4.39 Å². The summed E-state index contributed by atoms with van der Waals surface area (Å²) in [6.45, 7) is 3.99. The fraction of sp³-hybridized carbons (Fsp3) is 0.529. The number of aliphatic hydroxyl groups excluding tert-OH is 1. The topological polar surface area (TPSA) is 20.2 Å². The molecule has 1 N–H and O–H groups in total. The third kappa shape index (κ3) is 5.44. The average molecular weight is 262 g/mol. The van der Waals surface area contributed by atoms with E-state index in [1.165, 1.54) is 12.8 Å². The lowest BCUT2D eigenvalue weighted by Gasteiger charge is -2.05. The van der Waals surface area contributed by atoms with Crippen LogP contribution in [0.4, 0.5) is 4.39 Å². The van der Waals surface area contributed by atoms with E-state index < -0.39 is 0 Å². The molecular formula is C17H23FO. The highest BCUT2D eigenvalue weighted by atomic mass is 19.1. The average Bonchev–Trinajstić information content (AvgIpc) is 2.43. The molecule has 0 saturated carbocycles. The Labute approximate surface area is 115 Å². The zero-order chi connectivity index (χ0) is 14.1. The molecule has 1 nitrogen and oxygen atoms in total. The van der Waals surface area contributed by atoms with Crippen LogP contribution in [0, 0.1) is 23.6 Å². The molecule has 0 fully saturated rings. The largest absolute Gasteiger partial charge is 0.395 e. The first-order valence-electron chi connectivity index (χ1n) is 7.08. The summed E-state index contributed by atoms with van der Waals surface area (Å²) in [6.07, 6.45) is 5.33. The Morgan fingerprint density at radius 1 is 1.26 bits per heavy atom. The smallest absolute Gasteiger partial charge is 0.141 e. The molecule has 2 heteroatoms. The summed E-state index contributed by atoms with van der Waals surface area (Å²) < 4.78 is 14.2. The van der Waals surface area contributed by atoms with Crippen LogP contribution in [0.1, 0.15) is 50.7 Å². The van der Waals surface area contributed by atoms with Crippen LogP contribution in [-0.2, 0) is 6.42 Å². The SMILES string of the molecule is CCCCCCc1cccc(C#CC(C)CO)c1F. The second kappa shape index (κ2) is 8.72. The molecule has 0 aliphatic heterocycles. The summed E-state index contributed by atoms with van der Waals surface area (Å²) in [4.78, 5) is 0. The van der Waals surface area contributed by atoms with Gasteiger partial charge in [0.15, 0.2) is 0 Å². The zero-order valence-electron chi connectivity index (χ0n) is 11.9. The number of unbranched alkanes of at least 4 members (excludes halogenated alkanes) is 3. The monoisotopic (exact) mass is 262 g/mol. The fourth-order valence-electron chi connectivity index (χ4n) is 1.86. The second-order valence-electron chi connectivity index (χ2n) is 4.94. The standard InChI is InChI=1S/C17H23FO/c1-3-4-5-6-8-15-9-7-10-16(17(15)18)12-11-14(2)13-19/h7,9-10,14,19H,3-6,8,13H2,1-2H3. The van der Waals surface area contributed by atoms with Gasteiger partial charge in [-0.2, -0.15) is 0 Å². The molecule has 1 aromatic rings. The molecule has 0 spiro atoms. The Hall–Kier alpha value is -1.33. The van der Waals surface area contributed by atoms with Crippen molar-refractivity contribution in [3.63, 3.8) is 0 Å². The summed E-state index contributed by atoms with van der Waals surface area (Å²) in [7, 11) is 0. The van der Waals surface area contributed by atoms with Crippen molar-refractivity contribution in [2.24, 2.45) is 5.92 Å². The number of rotatable bonds is 6. The van der Waals surface area contributed by atoms with Crippen molar-refractivity contribution in [2.75, 3.05) is 6.61 Å². The highest BCUT2D eigenvalue weighted by Gasteiger charge is 2.06. The molecule has 0 heterocycles. The minimum Gasteiger partial charge on any atom is -0.395 e. The van der Waals surface area contributed by atoms with Crippen LogP contribution in [0.25, 0.3) is 0 Å². The summed E-state index contributed by atoms with van der Waals surface area (Å²) in [5, 5.41) is 8.91. The molecule has 1 unspecified atom stereocenters. The molecule has 0 aromatic heterocycles. The van der Waals surface area contributed by atoms with Gasteiger partial charge in [0.2, 0.25) is 0 Å². The van der Waals surface area contributed by atoms with Crippen LogP contribution in [0.2, 0.25) is 0 Å². The van der Waals surface area contributed by atoms with Crippen molar-refractivity contribution in [3.05, 3.63) is 35.1 Å². The van der Waals surface area contributed by atoms with Crippen LogP contribution >= 0.6 is 0 Å². The van der Waals surface area contributed by atoms with Gasteiger partial charge in [-0.05, 0) is 31.4 Å². The quantitative estimate of drug-likeness (QED) is 0.608. The Morgan fingerprint density at radius 3 is 2.74 bits per heavy atom. The van der Waals surface area contributed by atoms with E-state index in [9.17, 15) is 4.39 Å². The lowest BCUT2D eigenvalue weighted by atomic mass is 10.0. The van der Waals surface area contributed by atoms with E-state index in [1.807, 2.05) is 19.1 Å². The summed E-state index contributed by atoms with van der Waals surface area (Å²) in [5.74, 6) is 5.36. The van der Waals surface area contributed by atoms with E-state index in [-0.39, 0.29) is 18.3 Å². The van der Waals surface area contributed by atoms with E-state index in [1.54, 1.807) is 6.07 Å². The number of halogens is 1. The summed E-state index contributed by atoms with van der Waals surface area (Å²) >= 11 is 0. The van der Waals surface area contributed by atoms with Gasteiger partial charge in [0.25, 0.3) is 0 Å². The number of aliphatic hydroxyl groups is 1. The molecule has 0 amide bonds. The maximum absolute atomic E-state index is 14.2. The summed E-state index contributed by atoms with van der Waals surface area (Å²) in [6, 6.07) is 5.38. The zero-order valence-corrected chi connectivity index (χ0v) is 11.9. The predicted molar refractivity (Wildman–Crippen MR) is 77.4 cm³/mol. The lowest BCUT2D eigenvalue weighted by Crippen LogP contribution is -1.97. The van der Waals surface area contributed by atoms with E-state index in [4.69, 9.17) is 5.11 Å². The van der Waals surface area contributed by atoms with Crippen LogP contribution in [0.3, 0.4) is 0 Å². The van der Waals surface area contributed by atoms with E-state index in [2.05, 4.69) is 18.8 Å². The van der Waals surface area contributed by atoms with Crippen LogP contribution in [0.15, 0.2) is 18.2 Å². The first-order chi connectivity index (χ1) is 9.19. The summed E-state index contributed by atoms with van der Waals surface area (Å²) in [5.41, 5.74) is 1.19. The van der Waals surface area contributed by atoms with Crippen molar-refractivity contribution in [1.82, 2.24) is 0 Å². The van der Waals surface area contributed by atoms with Gasteiger partial charge in [-0.15, -0.1) is 0 Å². The number of aryl methyl sites for hydroxylation is 1. The first-order valence-corrected chi connectivity index (χ1v) is 7.08. The number of hydrogen-bond acceptors (Lipinski definition) is 1. The molecule has 1 aromatic carbocycles. The molecule has 104 valence electrons. The van der Waals surface area contributed by atoms with Gasteiger partial charge in [-0.1, -0.05) is 50.2 Å². The highest BCUT2D eigenvalue weighted by Crippen LogP contribution is 2.15. The van der Waals surface area contributed by atoms with Crippen LogP contribution in [0.5, 0.6) is 0 Å². The Kier molecular flexibility index (Phi) is 7.22. The van der Waals surface area contributed by atoms with Gasteiger partial charge in [0.1, 0.15) is 5.82 Å². The highest BCUT2D eigenvalue weighted by molar-refractivity contribution is 5.39. The Morgan fingerprint density at radius 2 is 2.05 bits per heavy atom. The van der Waals surface area contributed by atoms with Crippen molar-refractivity contribution >= 4 is 0 Å². The Bertz CT molecular complexity index is 442. The van der Waals surface area contributed by atoms with Crippen molar-refractivity contribution in [1.29, 1.82) is 0 Å². The molecule has 1 atom stereocenters. The molecule has 19 heavy (non-hydrogen) atoms. The molecule has 0 saturated heterocycles. The molecule has 0 bridgehead atoms. The van der Waals surface area contributed by atoms with E-state index in [0.717, 1.165) is 24.8 Å². The van der Waals surface area contributed by atoms with Crippen molar-refractivity contribution in [3.8, 4) is 11.8 Å². The molecule has 0 radical (unpaired) electrons. The minimum absolute atomic E-state index is 0.00529. The fourth-order valence-corrected chi connectivity index (χ4v) is 1.86. The van der Waals surface area contributed by atoms with Gasteiger partial charge in [0, 0.05) is 5.92 Å². The van der Waals surface area contributed by atoms with Crippen molar-refractivity contribution < 1.29 is 9.50 Å².